The topological polar surface area (TPSA) is 309 Å². The summed E-state index contributed by atoms with van der Waals surface area (Å²) in [7, 11) is 0. The predicted molar refractivity (Wildman–Crippen MR) is 462 cm³/mol. The van der Waals surface area contributed by atoms with Gasteiger partial charge in [-0.2, -0.15) is 15.3 Å². The van der Waals surface area contributed by atoms with Crippen LogP contribution in [0.15, 0.2) is 354 Å². The number of nitrogens with zero attached hydrogens (tertiary/aromatic N) is 24. The molecule has 118 heavy (non-hydrogen) atoms. The van der Waals surface area contributed by atoms with Gasteiger partial charge in [-0.05, 0) is 186 Å². The van der Waals surface area contributed by atoms with E-state index in [1.165, 1.54) is 47.6 Å². The highest BCUT2D eigenvalue weighted by Crippen LogP contribution is 2.29. The van der Waals surface area contributed by atoms with Gasteiger partial charge in [-0.25, -0.2) is 44.9 Å². The lowest BCUT2D eigenvalue weighted by Gasteiger charge is -2.07. The van der Waals surface area contributed by atoms with Gasteiger partial charge in [-0.15, -0.1) is 35.7 Å². The van der Waals surface area contributed by atoms with Crippen molar-refractivity contribution in [2.45, 2.75) is 69.2 Å². The quantitative estimate of drug-likeness (QED) is 0.136. The van der Waals surface area contributed by atoms with Gasteiger partial charge in [0, 0.05) is 63.2 Å². The first-order valence-corrected chi connectivity index (χ1v) is 37.4. The summed E-state index contributed by atoms with van der Waals surface area (Å²) in [5.74, 6) is 2.26. The molecule has 0 amide bonds. The first kappa shape index (κ1) is 86.3. The van der Waals surface area contributed by atoms with Crippen molar-refractivity contribution in [1.29, 1.82) is 0 Å². The first-order valence-electron chi connectivity index (χ1n) is 37.4. The van der Waals surface area contributed by atoms with Gasteiger partial charge in [-0.3, -0.25) is 15.0 Å². The van der Waals surface area contributed by atoms with Crippen LogP contribution in [0.4, 0.5) is 0 Å². The minimum atomic E-state index is 0.711. The molecule has 0 aliphatic carbocycles. The van der Waals surface area contributed by atoms with Gasteiger partial charge in [0.05, 0.1) is 94.1 Å². The molecule has 24 heteroatoms. The molecule has 18 aromatic rings. The average Bonchev–Trinajstić information content (AvgIpc) is 0.841. The van der Waals surface area contributed by atoms with Crippen LogP contribution in [0.1, 0.15) is 56.9 Å². The maximum atomic E-state index is 4.77. The zero-order valence-corrected chi connectivity index (χ0v) is 67.2. The molecule has 0 fully saturated rings. The zero-order valence-electron chi connectivity index (χ0n) is 67.2. The van der Waals surface area contributed by atoms with Crippen LogP contribution < -0.4 is 0 Å². The molecule has 0 aliphatic rings. The Kier molecular flexibility index (Phi) is 35.8. The molecule has 24 nitrogen and oxygen atoms in total. The molecule has 0 spiro atoms. The molecule has 0 unspecified atom stereocenters. The van der Waals surface area contributed by atoms with Crippen molar-refractivity contribution in [2.24, 2.45) is 0 Å². The van der Waals surface area contributed by atoms with E-state index < -0.39 is 0 Å². The van der Waals surface area contributed by atoms with Crippen LogP contribution in [-0.4, -0.2) is 121 Å². The normalized spacial score (nSPS) is 9.78. The summed E-state index contributed by atoms with van der Waals surface area (Å²) in [4.78, 5) is 49.7. The first-order chi connectivity index (χ1) is 57.7. The molecule has 0 aliphatic heterocycles. The zero-order chi connectivity index (χ0) is 83.0. The van der Waals surface area contributed by atoms with Gasteiger partial charge in [-0.1, -0.05) is 194 Å². The van der Waals surface area contributed by atoms with E-state index >= 15 is 0 Å². The molecular weight excluding hydrogens is 1470 g/mol. The third kappa shape index (κ3) is 31.8. The molecule has 0 saturated carbocycles. The third-order valence-electron chi connectivity index (χ3n) is 15.9. The van der Waals surface area contributed by atoms with Gasteiger partial charge in [0.15, 0.2) is 0 Å². The van der Waals surface area contributed by atoms with Crippen molar-refractivity contribution in [3.05, 3.63) is 411 Å². The number of hydrogen-bond donors (Lipinski definition) is 0. The van der Waals surface area contributed by atoms with Gasteiger partial charge >= 0.3 is 0 Å². The number of rotatable bonds is 8. The maximum Gasteiger partial charge on any atom is 0.147 e. The van der Waals surface area contributed by atoms with Crippen LogP contribution >= 0.6 is 0 Å². The number of benzene rings is 7. The van der Waals surface area contributed by atoms with E-state index in [1.54, 1.807) is 56.4 Å². The molecule has 0 saturated heterocycles. The highest BCUT2D eigenvalue weighted by atomic mass is 15.3. The molecule has 0 atom stereocenters. The number of aromatic nitrogens is 24. The Morgan fingerprint density at radius 1 is 0.186 bits per heavy atom. The maximum absolute atomic E-state index is 4.77. The van der Waals surface area contributed by atoms with Crippen LogP contribution in [0.5, 0.6) is 0 Å². The van der Waals surface area contributed by atoms with E-state index in [-0.39, 0.29) is 0 Å². The Morgan fingerprint density at radius 2 is 0.669 bits per heavy atom. The summed E-state index contributed by atoms with van der Waals surface area (Å²) in [6.07, 6.45) is 20.8. The highest BCUT2D eigenvalue weighted by Gasteiger charge is 2.10. The fourth-order valence-corrected chi connectivity index (χ4v) is 10.4. The van der Waals surface area contributed by atoms with E-state index in [0.29, 0.717) is 5.82 Å². The summed E-state index contributed by atoms with van der Waals surface area (Å²) in [5.41, 5.74) is 24.5. The molecule has 0 N–H and O–H groups in total. The second kappa shape index (κ2) is 48.9. The Hall–Kier alpha value is -15.7. The standard InChI is InChI=1S/2C18H15N.2C17H14N2.6C4H5N3/c1-14-12-17(15-8-4-2-5-9-15)13-18(19-14)16-10-6-3-7-11-16;1-14-12-17(15-8-4-2-5-9-15)19-18(13-14)16-10-6-3-7-11-16;1-13-10-14(16-6-2-4-8-18-16)12-15(11-13)17-7-3-5-9-19-17;1-13-18-16(14-8-4-2-5-9-14)12-17(19-13)15-10-6-3-7-11-15;1-4-6-2-5-3-7-4;1-4-2-6-7-3-5-4;1-4-2-5-3-6-7-4;1-4-2-5-7-6-3-4;1-4-5-2-3-6-7-4;1-4-2-3-5-7-6-4/h2*2-13H,1H3;2*2-12H,1H3;6*2-3H,1H3. The Balaban J connectivity index is 0.000000155. The van der Waals surface area contributed by atoms with Crippen molar-refractivity contribution >= 4 is 0 Å². The highest BCUT2D eigenvalue weighted by molar-refractivity contribution is 5.73. The molecule has 7 aromatic carbocycles. The Labute approximate surface area is 687 Å². The van der Waals surface area contributed by atoms with Crippen molar-refractivity contribution in [1.82, 2.24) is 121 Å². The number of aryl methyl sites for hydroxylation is 10. The molecule has 584 valence electrons. The van der Waals surface area contributed by atoms with E-state index in [4.69, 9.17) is 4.98 Å². The van der Waals surface area contributed by atoms with Gasteiger partial charge < -0.3 is 0 Å². The van der Waals surface area contributed by atoms with E-state index in [9.17, 15) is 0 Å². The Morgan fingerprint density at radius 3 is 1.01 bits per heavy atom. The molecule has 11 aromatic heterocycles. The van der Waals surface area contributed by atoms with Crippen molar-refractivity contribution in [2.75, 3.05) is 0 Å². The summed E-state index contributed by atoms with van der Waals surface area (Å²) < 4.78 is 0. The predicted octanol–water partition coefficient (Wildman–Crippen LogP) is 18.8. The van der Waals surface area contributed by atoms with E-state index in [2.05, 4.69) is 257 Å². The summed E-state index contributed by atoms with van der Waals surface area (Å²) in [6.45, 7) is 19.3. The van der Waals surface area contributed by atoms with Crippen LogP contribution in [0.3, 0.4) is 0 Å². The molecule has 0 radical (unpaired) electrons. The van der Waals surface area contributed by atoms with Crippen LogP contribution in [-0.2, 0) is 0 Å². The fraction of sp³-hybridized carbons (Fsp3) is 0.106. The number of hydrogen-bond acceptors (Lipinski definition) is 24. The second-order valence-corrected chi connectivity index (χ2v) is 25.7. The van der Waals surface area contributed by atoms with Crippen LogP contribution in [0.25, 0.3) is 89.9 Å². The van der Waals surface area contributed by atoms with Crippen molar-refractivity contribution < 1.29 is 0 Å². The SMILES string of the molecule is Cc1cc(-c2ccccc2)cc(-c2ccccc2)n1.Cc1cc(-c2ccccc2)nc(-c2ccccc2)c1.Cc1cc(-c2ccccn2)cc(-c2ccccn2)c1.Cc1ccnnn1.Cc1cncnn1.Cc1cnncn1.Cc1cnnnc1.Cc1nc(-c2ccccc2)cc(-c2ccccc2)n1.Cc1nccnn1.Cc1ncncn1. The lowest BCUT2D eigenvalue weighted by Crippen LogP contribution is -1.94. The minimum absolute atomic E-state index is 0.711. The smallest absolute Gasteiger partial charge is 0.147 e. The van der Waals surface area contributed by atoms with Crippen molar-refractivity contribution in [3.8, 4) is 89.9 Å². The minimum Gasteiger partial charge on any atom is -0.256 e. The lowest BCUT2D eigenvalue weighted by molar-refractivity contribution is 0.839. The number of pyridine rings is 4. The molecule has 11 heterocycles. The fourth-order valence-electron chi connectivity index (χ4n) is 10.4. The summed E-state index contributed by atoms with van der Waals surface area (Å²) in [5, 5.41) is 42.3. The van der Waals surface area contributed by atoms with E-state index in [1.807, 2.05) is 200 Å². The average molecular weight is 1550 g/mol. The third-order valence-corrected chi connectivity index (χ3v) is 15.9. The molecule has 0 bridgehead atoms. The second-order valence-electron chi connectivity index (χ2n) is 25.7. The van der Waals surface area contributed by atoms with Crippen LogP contribution in [0.2, 0.25) is 0 Å². The molecule has 18 rings (SSSR count). The lowest BCUT2D eigenvalue weighted by atomic mass is 10.0. The van der Waals surface area contributed by atoms with Gasteiger partial charge in [0.25, 0.3) is 0 Å². The van der Waals surface area contributed by atoms with Crippen molar-refractivity contribution in [3.63, 3.8) is 0 Å². The van der Waals surface area contributed by atoms with E-state index in [0.717, 1.165) is 119 Å². The Bertz CT molecular complexity index is 4740. The molecular formula is C94H88N24. The summed E-state index contributed by atoms with van der Waals surface area (Å²) >= 11 is 0. The monoisotopic (exact) mass is 1550 g/mol. The van der Waals surface area contributed by atoms with Gasteiger partial charge in [0.2, 0.25) is 0 Å². The summed E-state index contributed by atoms with van der Waals surface area (Å²) in [6, 6.07) is 92.4. The largest absolute Gasteiger partial charge is 0.256 e. The van der Waals surface area contributed by atoms with Crippen LogP contribution in [0, 0.1) is 69.2 Å². The van der Waals surface area contributed by atoms with Gasteiger partial charge in [0.1, 0.15) is 42.8 Å².